The predicted octanol–water partition coefficient (Wildman–Crippen LogP) is 0.976. The van der Waals surface area contributed by atoms with Gasteiger partial charge in [-0.2, -0.15) is 0 Å². The topological polar surface area (TPSA) is 35.5 Å². The minimum absolute atomic E-state index is 0.379. The molecule has 1 aliphatic rings. The van der Waals surface area contributed by atoms with E-state index in [0.717, 1.165) is 0 Å². The molecule has 1 atom stereocenters. The maximum absolute atomic E-state index is 10.7. The lowest BCUT2D eigenvalue weighted by Gasteiger charge is -2.18. The van der Waals surface area contributed by atoms with Gasteiger partial charge in [0, 0.05) is 11.6 Å². The van der Waals surface area contributed by atoms with Crippen molar-refractivity contribution < 1.29 is 14.3 Å². The summed E-state index contributed by atoms with van der Waals surface area (Å²) in [6.07, 6.45) is 2.61. The zero-order valence-corrected chi connectivity index (χ0v) is 5.66. The maximum atomic E-state index is 10.7. The Balaban J connectivity index is 2.31. The molecule has 0 aromatic carbocycles. The first-order valence-electron chi connectivity index (χ1n) is 2.89. The van der Waals surface area contributed by atoms with Gasteiger partial charge >= 0.3 is 5.97 Å². The highest BCUT2D eigenvalue weighted by molar-refractivity contribution is 5.87. The van der Waals surface area contributed by atoms with Crippen LogP contribution in [0.25, 0.3) is 0 Å². The molecule has 1 heterocycles. The van der Waals surface area contributed by atoms with Crippen molar-refractivity contribution in [3.63, 3.8) is 0 Å². The van der Waals surface area contributed by atoms with Crippen LogP contribution in [-0.4, -0.2) is 12.3 Å². The van der Waals surface area contributed by atoms with Crippen LogP contribution >= 0.6 is 0 Å². The van der Waals surface area contributed by atoms with Gasteiger partial charge in [0.1, 0.15) is 0 Å². The smallest absolute Gasteiger partial charge is 0.336 e. The van der Waals surface area contributed by atoms with E-state index in [-0.39, 0.29) is 0 Å². The molecule has 1 unspecified atom stereocenters. The van der Waals surface area contributed by atoms with Gasteiger partial charge in [-0.25, -0.2) is 4.79 Å². The van der Waals surface area contributed by atoms with E-state index >= 15 is 0 Å². The van der Waals surface area contributed by atoms with Crippen molar-refractivity contribution in [1.82, 2.24) is 0 Å². The molecule has 0 saturated heterocycles. The summed E-state index contributed by atoms with van der Waals surface area (Å²) in [6.45, 7) is 5.00. The third-order valence-electron chi connectivity index (χ3n) is 1.02. The molecule has 3 heteroatoms. The van der Waals surface area contributed by atoms with Crippen LogP contribution in [0.2, 0.25) is 0 Å². The summed E-state index contributed by atoms with van der Waals surface area (Å²) in [4.78, 5) is 10.7. The highest BCUT2D eigenvalue weighted by Gasteiger charge is 2.16. The number of rotatable bonds is 2. The van der Waals surface area contributed by atoms with E-state index in [1.807, 2.05) is 0 Å². The molecule has 0 radical (unpaired) electrons. The normalized spacial score (nSPS) is 20.7. The van der Waals surface area contributed by atoms with Gasteiger partial charge in [0.15, 0.2) is 0 Å². The van der Waals surface area contributed by atoms with Gasteiger partial charge in [-0.3, -0.25) is 0 Å². The second kappa shape index (κ2) is 2.56. The Hall–Kier alpha value is -1.25. The van der Waals surface area contributed by atoms with Crippen LogP contribution in [0, 0.1) is 0 Å². The Morgan fingerprint density at radius 1 is 1.80 bits per heavy atom. The summed E-state index contributed by atoms with van der Waals surface area (Å²) in [6, 6.07) is 0. The van der Waals surface area contributed by atoms with Crippen molar-refractivity contribution in [2.45, 2.75) is 13.2 Å². The molecule has 0 bridgehead atoms. The van der Waals surface area contributed by atoms with Crippen LogP contribution in [0.3, 0.4) is 0 Å². The van der Waals surface area contributed by atoms with Crippen molar-refractivity contribution in [1.29, 1.82) is 0 Å². The molecule has 0 saturated carbocycles. The first-order valence-corrected chi connectivity index (χ1v) is 2.89. The lowest BCUT2D eigenvalue weighted by molar-refractivity contribution is -0.162. The number of hydrogen-bond donors (Lipinski definition) is 0. The Morgan fingerprint density at radius 2 is 2.40 bits per heavy atom. The Bertz CT molecular complexity index is 193. The van der Waals surface area contributed by atoms with Gasteiger partial charge in [-0.1, -0.05) is 6.58 Å². The van der Waals surface area contributed by atoms with E-state index in [0.29, 0.717) is 5.57 Å². The quantitative estimate of drug-likeness (QED) is 0.423. The minimum atomic E-state index is -0.496. The molecule has 0 aromatic heterocycles. The van der Waals surface area contributed by atoms with Crippen LogP contribution in [0.4, 0.5) is 0 Å². The maximum Gasteiger partial charge on any atom is 0.336 e. The highest BCUT2D eigenvalue weighted by atomic mass is 16.7. The van der Waals surface area contributed by atoms with E-state index in [1.165, 1.54) is 6.26 Å². The summed E-state index contributed by atoms with van der Waals surface area (Å²) < 4.78 is 9.39. The number of hydrogen-bond acceptors (Lipinski definition) is 3. The molecule has 10 heavy (non-hydrogen) atoms. The van der Waals surface area contributed by atoms with Gasteiger partial charge in [0.05, 0.1) is 6.26 Å². The lowest BCUT2D eigenvalue weighted by Crippen LogP contribution is -2.22. The van der Waals surface area contributed by atoms with Crippen LogP contribution in [0.1, 0.15) is 6.92 Å². The zero-order valence-electron chi connectivity index (χ0n) is 5.66. The van der Waals surface area contributed by atoms with Crippen molar-refractivity contribution in [3.05, 3.63) is 24.5 Å². The molecule has 54 valence electrons. The first kappa shape index (κ1) is 6.86. The molecule has 0 aromatic rings. The second-order valence-electron chi connectivity index (χ2n) is 2.02. The first-order chi connectivity index (χ1) is 4.70. The lowest BCUT2D eigenvalue weighted by atomic mass is 10.4. The predicted molar refractivity (Wildman–Crippen MR) is 34.9 cm³/mol. The van der Waals surface area contributed by atoms with E-state index in [2.05, 4.69) is 11.3 Å². The van der Waals surface area contributed by atoms with Gasteiger partial charge in [0.2, 0.25) is 0 Å². The molecule has 0 spiro atoms. The molecule has 1 rings (SSSR count). The van der Waals surface area contributed by atoms with Gasteiger partial charge in [0.25, 0.3) is 6.29 Å². The third kappa shape index (κ3) is 1.37. The molecule has 3 nitrogen and oxygen atoms in total. The largest absolute Gasteiger partial charge is 0.459 e. The summed E-state index contributed by atoms with van der Waals surface area (Å²) >= 11 is 0. The van der Waals surface area contributed by atoms with E-state index in [4.69, 9.17) is 4.74 Å². The van der Waals surface area contributed by atoms with Crippen molar-refractivity contribution >= 4 is 5.97 Å². The summed E-state index contributed by atoms with van der Waals surface area (Å²) in [5.74, 6) is -0.422. The van der Waals surface area contributed by atoms with Crippen LogP contribution in [-0.2, 0) is 14.3 Å². The van der Waals surface area contributed by atoms with E-state index in [1.54, 1.807) is 13.0 Å². The average molecular weight is 140 g/mol. The molecular weight excluding hydrogens is 132 g/mol. The molecule has 0 fully saturated rings. The second-order valence-corrected chi connectivity index (χ2v) is 2.02. The van der Waals surface area contributed by atoms with Gasteiger partial charge in [-0.15, -0.1) is 0 Å². The van der Waals surface area contributed by atoms with Gasteiger partial charge in [-0.05, 0) is 6.92 Å². The fourth-order valence-corrected chi connectivity index (χ4v) is 0.416. The number of esters is 1. The monoisotopic (exact) mass is 140 g/mol. The van der Waals surface area contributed by atoms with Crippen LogP contribution in [0.5, 0.6) is 0 Å². The van der Waals surface area contributed by atoms with Gasteiger partial charge < -0.3 is 9.47 Å². The number of carbonyl (C=O) groups excluding carboxylic acids is 1. The Kier molecular flexibility index (Phi) is 1.76. The highest BCUT2D eigenvalue weighted by Crippen LogP contribution is 2.09. The minimum Gasteiger partial charge on any atom is -0.459 e. The van der Waals surface area contributed by atoms with Crippen LogP contribution < -0.4 is 0 Å². The van der Waals surface area contributed by atoms with Crippen molar-refractivity contribution in [2.24, 2.45) is 0 Å². The van der Waals surface area contributed by atoms with E-state index in [9.17, 15) is 4.79 Å². The average Bonchev–Trinajstić information content (AvgIpc) is 1.77. The third-order valence-corrected chi connectivity index (χ3v) is 1.02. The summed E-state index contributed by atoms with van der Waals surface area (Å²) in [5, 5.41) is 0. The van der Waals surface area contributed by atoms with Crippen molar-refractivity contribution in [3.8, 4) is 0 Å². The molecule has 0 N–H and O–H groups in total. The van der Waals surface area contributed by atoms with Crippen molar-refractivity contribution in [2.75, 3.05) is 0 Å². The van der Waals surface area contributed by atoms with E-state index < -0.39 is 12.3 Å². The molecular formula is C7H8O3. The number of carbonyl (C=O) groups is 1. The molecule has 0 amide bonds. The summed E-state index contributed by atoms with van der Waals surface area (Å²) in [5.41, 5.74) is 0.379. The molecule has 0 aliphatic carbocycles. The number of ether oxygens (including phenoxy) is 2. The standard InChI is InChI=1S/C7H8O3/c1-5(2)7(8)10-6-3-4-9-6/h3-4,6H,1H2,2H3. The Labute approximate surface area is 58.9 Å². The summed E-state index contributed by atoms with van der Waals surface area (Å²) in [7, 11) is 0. The SMILES string of the molecule is C=C(C)C(=O)OC1C=CO1. The Morgan fingerprint density at radius 3 is 2.70 bits per heavy atom. The fourth-order valence-electron chi connectivity index (χ4n) is 0.416. The van der Waals surface area contributed by atoms with Crippen LogP contribution in [0.15, 0.2) is 24.5 Å². The molecule has 1 aliphatic heterocycles. The fraction of sp³-hybridized carbons (Fsp3) is 0.286. The zero-order chi connectivity index (χ0) is 7.56.